The molecule has 1 N–H and O–H groups in total. The number of rotatable bonds is 8. The molecule has 1 atom stereocenters. The lowest BCUT2D eigenvalue weighted by atomic mass is 9.91. The molecule has 0 radical (unpaired) electrons. The zero-order valence-corrected chi connectivity index (χ0v) is 15.6. The number of hydrogen-bond donors (Lipinski definition) is 1. The van der Waals surface area contributed by atoms with Crippen molar-refractivity contribution in [1.82, 2.24) is 0 Å². The third kappa shape index (κ3) is 4.59. The average molecular weight is 378 g/mol. The second-order valence-corrected chi connectivity index (χ2v) is 5.66. The van der Waals surface area contributed by atoms with Crippen molar-refractivity contribution in [3.63, 3.8) is 0 Å². The van der Waals surface area contributed by atoms with Gasteiger partial charge in [-0.3, -0.25) is 9.59 Å². The van der Waals surface area contributed by atoms with E-state index in [2.05, 4.69) is 0 Å². The van der Waals surface area contributed by atoms with Gasteiger partial charge in [0.15, 0.2) is 5.76 Å². The molecule has 146 valence electrons. The number of ether oxygens (including phenoxy) is 4. The third-order valence-corrected chi connectivity index (χ3v) is 4.02. The Morgan fingerprint density at radius 2 is 1.89 bits per heavy atom. The zero-order chi connectivity index (χ0) is 20.0. The Bertz CT molecular complexity index is 855. The quantitative estimate of drug-likeness (QED) is 0.697. The van der Waals surface area contributed by atoms with Crippen LogP contribution in [0.25, 0.3) is 0 Å². The minimum absolute atomic E-state index is 0.0349. The minimum Gasteiger partial charge on any atom is -0.502 e. The Morgan fingerprint density at radius 1 is 1.15 bits per heavy atom. The fourth-order valence-corrected chi connectivity index (χ4v) is 2.70. The van der Waals surface area contributed by atoms with Gasteiger partial charge in [0.1, 0.15) is 23.9 Å². The summed E-state index contributed by atoms with van der Waals surface area (Å²) in [4.78, 5) is 24.1. The molecule has 0 bridgehead atoms. The first-order chi connectivity index (χ1) is 12.9. The van der Waals surface area contributed by atoms with Crippen LogP contribution in [0.4, 0.5) is 0 Å². The lowest BCUT2D eigenvalue weighted by molar-refractivity contribution is -0.140. The van der Waals surface area contributed by atoms with Gasteiger partial charge in [0.25, 0.3) is 0 Å². The Labute approximate surface area is 156 Å². The van der Waals surface area contributed by atoms with E-state index in [0.717, 1.165) is 6.07 Å². The van der Waals surface area contributed by atoms with E-state index >= 15 is 0 Å². The SMILES string of the molecule is COCc1cc(=O)c(O)c(C(CC(=O)OC)c2ccc(OC)cc2OC)o1. The standard InChI is InChI=1S/C19H22O8/c1-23-10-12-7-15(20)18(22)19(27-12)14(9-17(21)26-4)13-6-5-11(24-2)8-16(13)25-3/h5-8,14,22H,9-10H2,1-4H3. The van der Waals surface area contributed by atoms with Gasteiger partial charge < -0.3 is 28.5 Å². The van der Waals surface area contributed by atoms with Crippen molar-refractivity contribution in [3.05, 3.63) is 51.6 Å². The molecular weight excluding hydrogens is 356 g/mol. The van der Waals surface area contributed by atoms with E-state index in [1.54, 1.807) is 18.2 Å². The Hall–Kier alpha value is -3.00. The van der Waals surface area contributed by atoms with Crippen LogP contribution in [-0.2, 0) is 20.9 Å². The number of benzene rings is 1. The predicted octanol–water partition coefficient (Wildman–Crippen LogP) is 2.20. The topological polar surface area (TPSA) is 104 Å². The first-order valence-corrected chi connectivity index (χ1v) is 8.08. The number of esters is 1. The average Bonchev–Trinajstić information content (AvgIpc) is 2.68. The van der Waals surface area contributed by atoms with Crippen molar-refractivity contribution in [2.45, 2.75) is 18.9 Å². The summed E-state index contributed by atoms with van der Waals surface area (Å²) in [7, 11) is 5.68. The molecule has 1 unspecified atom stereocenters. The maximum atomic E-state index is 12.1. The number of hydrogen-bond acceptors (Lipinski definition) is 8. The van der Waals surface area contributed by atoms with Crippen LogP contribution >= 0.6 is 0 Å². The van der Waals surface area contributed by atoms with Crippen LogP contribution in [0.3, 0.4) is 0 Å². The summed E-state index contributed by atoms with van der Waals surface area (Å²) < 4.78 is 26.0. The van der Waals surface area contributed by atoms with Crippen molar-refractivity contribution in [1.29, 1.82) is 0 Å². The van der Waals surface area contributed by atoms with Crippen molar-refractivity contribution in [2.75, 3.05) is 28.4 Å². The van der Waals surface area contributed by atoms with E-state index in [1.165, 1.54) is 28.4 Å². The van der Waals surface area contributed by atoms with Crippen LogP contribution in [0.2, 0.25) is 0 Å². The molecule has 0 fully saturated rings. The van der Waals surface area contributed by atoms with Gasteiger partial charge >= 0.3 is 5.97 Å². The molecule has 2 aromatic rings. The van der Waals surface area contributed by atoms with Gasteiger partial charge in [-0.05, 0) is 6.07 Å². The summed E-state index contributed by atoms with van der Waals surface area (Å²) in [6.45, 7) is 0.0349. The molecule has 8 heteroatoms. The van der Waals surface area contributed by atoms with E-state index in [-0.39, 0.29) is 24.5 Å². The van der Waals surface area contributed by atoms with Crippen molar-refractivity contribution < 1.29 is 33.3 Å². The number of carbonyl (C=O) groups is 1. The Kier molecular flexibility index (Phi) is 6.84. The van der Waals surface area contributed by atoms with Gasteiger partial charge in [0, 0.05) is 24.8 Å². The summed E-state index contributed by atoms with van der Waals surface area (Å²) in [5.74, 6) is -0.837. The molecular formula is C19H22O8. The molecule has 0 spiro atoms. The van der Waals surface area contributed by atoms with E-state index < -0.39 is 23.1 Å². The largest absolute Gasteiger partial charge is 0.502 e. The van der Waals surface area contributed by atoms with Crippen LogP contribution in [0, 0.1) is 0 Å². The lowest BCUT2D eigenvalue weighted by Gasteiger charge is -2.20. The molecule has 0 saturated carbocycles. The van der Waals surface area contributed by atoms with Gasteiger partial charge in [0.05, 0.1) is 33.7 Å². The van der Waals surface area contributed by atoms with E-state index in [0.29, 0.717) is 17.1 Å². The maximum absolute atomic E-state index is 12.1. The van der Waals surface area contributed by atoms with Gasteiger partial charge in [-0.25, -0.2) is 0 Å². The van der Waals surface area contributed by atoms with Crippen LogP contribution in [0.1, 0.15) is 29.4 Å². The van der Waals surface area contributed by atoms with Crippen LogP contribution in [0.5, 0.6) is 17.2 Å². The summed E-state index contributed by atoms with van der Waals surface area (Å²) in [5.41, 5.74) is -0.109. The Morgan fingerprint density at radius 3 is 2.48 bits per heavy atom. The Balaban J connectivity index is 2.66. The zero-order valence-electron chi connectivity index (χ0n) is 15.6. The normalized spacial score (nSPS) is 11.7. The third-order valence-electron chi connectivity index (χ3n) is 4.02. The highest BCUT2D eigenvalue weighted by molar-refractivity contribution is 5.71. The molecule has 0 amide bonds. The monoisotopic (exact) mass is 378 g/mol. The smallest absolute Gasteiger partial charge is 0.306 e. The molecule has 1 aromatic carbocycles. The fourth-order valence-electron chi connectivity index (χ4n) is 2.70. The highest BCUT2D eigenvalue weighted by atomic mass is 16.5. The minimum atomic E-state index is -0.817. The van der Waals surface area contributed by atoms with Crippen molar-refractivity contribution in [3.8, 4) is 17.2 Å². The number of methoxy groups -OCH3 is 4. The van der Waals surface area contributed by atoms with Crippen LogP contribution in [0.15, 0.2) is 33.5 Å². The second-order valence-electron chi connectivity index (χ2n) is 5.66. The fraction of sp³-hybridized carbons (Fsp3) is 0.368. The first kappa shape index (κ1) is 20.3. The van der Waals surface area contributed by atoms with Gasteiger partial charge in [-0.2, -0.15) is 0 Å². The van der Waals surface area contributed by atoms with Gasteiger partial charge in [0.2, 0.25) is 11.2 Å². The molecule has 1 aromatic heterocycles. The van der Waals surface area contributed by atoms with E-state index in [4.69, 9.17) is 23.4 Å². The van der Waals surface area contributed by atoms with Gasteiger partial charge in [-0.15, -0.1) is 0 Å². The molecule has 1 heterocycles. The first-order valence-electron chi connectivity index (χ1n) is 8.08. The maximum Gasteiger partial charge on any atom is 0.306 e. The highest BCUT2D eigenvalue weighted by Gasteiger charge is 2.29. The van der Waals surface area contributed by atoms with Crippen molar-refractivity contribution in [2.24, 2.45) is 0 Å². The molecule has 0 aliphatic rings. The molecule has 8 nitrogen and oxygen atoms in total. The molecule has 0 aliphatic heterocycles. The number of carbonyl (C=O) groups excluding carboxylic acids is 1. The predicted molar refractivity (Wildman–Crippen MR) is 95.4 cm³/mol. The summed E-state index contributed by atoms with van der Waals surface area (Å²) in [6.07, 6.45) is -0.174. The lowest BCUT2D eigenvalue weighted by Crippen LogP contribution is -2.15. The highest BCUT2D eigenvalue weighted by Crippen LogP contribution is 2.39. The second kappa shape index (κ2) is 9.09. The summed E-state index contributed by atoms with van der Waals surface area (Å²) >= 11 is 0. The van der Waals surface area contributed by atoms with E-state index in [1.807, 2.05) is 0 Å². The van der Waals surface area contributed by atoms with Crippen molar-refractivity contribution >= 4 is 5.97 Å². The van der Waals surface area contributed by atoms with Gasteiger partial charge in [-0.1, -0.05) is 6.07 Å². The summed E-state index contributed by atoms with van der Waals surface area (Å²) in [6, 6.07) is 6.13. The van der Waals surface area contributed by atoms with Crippen LogP contribution < -0.4 is 14.9 Å². The molecule has 0 aliphatic carbocycles. The molecule has 0 saturated heterocycles. The number of aromatic hydroxyl groups is 1. The molecule has 2 rings (SSSR count). The van der Waals surface area contributed by atoms with E-state index in [9.17, 15) is 14.7 Å². The molecule has 27 heavy (non-hydrogen) atoms. The van der Waals surface area contributed by atoms with Crippen LogP contribution in [-0.4, -0.2) is 39.5 Å². The summed E-state index contributed by atoms with van der Waals surface area (Å²) in [5, 5.41) is 10.3.